The van der Waals surface area contributed by atoms with Crippen molar-refractivity contribution in [3.05, 3.63) is 29.8 Å². The molecule has 0 heterocycles. The average molecular weight is 276 g/mol. The number of alkyl halides is 3. The summed E-state index contributed by atoms with van der Waals surface area (Å²) in [6, 6.07) is 3.68. The smallest absolute Gasteiger partial charge is 0.744 e. The van der Waals surface area contributed by atoms with Crippen LogP contribution in [0.1, 0.15) is 12.5 Å². The quantitative estimate of drug-likeness (QED) is 0.528. The maximum atomic E-state index is 13.3. The summed E-state index contributed by atoms with van der Waals surface area (Å²) < 4.78 is 71.4. The molecule has 1 aromatic carbocycles. The van der Waals surface area contributed by atoms with Gasteiger partial charge in [-0.05, 0) is 13.0 Å². The van der Waals surface area contributed by atoms with Crippen molar-refractivity contribution in [1.82, 2.24) is 0 Å². The van der Waals surface area contributed by atoms with E-state index in [1.807, 2.05) is 0 Å². The first-order valence-electron chi connectivity index (χ1n) is 4.24. The summed E-state index contributed by atoms with van der Waals surface area (Å²) in [5.41, 5.74) is -1.11. The van der Waals surface area contributed by atoms with Crippen LogP contribution in [0.15, 0.2) is 29.2 Å². The second-order valence-corrected chi connectivity index (χ2v) is 4.54. The van der Waals surface area contributed by atoms with Crippen LogP contribution in [0.5, 0.6) is 0 Å². The number of benzene rings is 1. The molecule has 8 heteroatoms. The summed E-state index contributed by atoms with van der Waals surface area (Å²) in [4.78, 5) is -1.09. The summed E-state index contributed by atoms with van der Waals surface area (Å²) in [6.45, 7) is 0.591. The molecule has 17 heavy (non-hydrogen) atoms. The Labute approximate surface area is 119 Å². The first-order valence-corrected chi connectivity index (χ1v) is 5.65. The predicted octanol–water partition coefficient (Wildman–Crippen LogP) is -0.956. The zero-order chi connectivity index (χ0) is 12.6. The molecule has 1 unspecified atom stereocenters. The van der Waals surface area contributed by atoms with Gasteiger partial charge in [0.05, 0.1) is 4.90 Å². The van der Waals surface area contributed by atoms with E-state index >= 15 is 0 Å². The largest absolute Gasteiger partial charge is 1.00 e. The van der Waals surface area contributed by atoms with E-state index in [4.69, 9.17) is 0 Å². The molecule has 0 radical (unpaired) electrons. The minimum atomic E-state index is -5.05. The van der Waals surface area contributed by atoms with Gasteiger partial charge in [0.25, 0.3) is 0 Å². The van der Waals surface area contributed by atoms with Crippen molar-refractivity contribution < 1.29 is 55.7 Å². The molecule has 0 fully saturated rings. The van der Waals surface area contributed by atoms with Crippen LogP contribution in [-0.4, -0.2) is 19.1 Å². The molecule has 1 aromatic rings. The van der Waals surface area contributed by atoms with E-state index in [9.17, 15) is 26.1 Å². The van der Waals surface area contributed by atoms with Gasteiger partial charge in [-0.25, -0.2) is 12.8 Å². The number of hydrogen-bond acceptors (Lipinski definition) is 3. The van der Waals surface area contributed by atoms with Crippen molar-refractivity contribution >= 4 is 10.1 Å². The molecule has 3 nitrogen and oxygen atoms in total. The Morgan fingerprint density at radius 2 is 1.76 bits per heavy atom. The third-order valence-corrected chi connectivity index (χ3v) is 2.91. The fourth-order valence-electron chi connectivity index (χ4n) is 1.17. The monoisotopic (exact) mass is 276 g/mol. The Morgan fingerprint density at radius 3 is 2.18 bits per heavy atom. The van der Waals surface area contributed by atoms with Crippen molar-refractivity contribution in [2.24, 2.45) is 0 Å². The van der Waals surface area contributed by atoms with Gasteiger partial charge in [0.2, 0.25) is 0 Å². The third kappa shape index (κ3) is 3.69. The molecule has 0 spiro atoms. The van der Waals surface area contributed by atoms with Gasteiger partial charge in [-0.1, -0.05) is 18.2 Å². The number of halogens is 3. The van der Waals surface area contributed by atoms with Crippen LogP contribution in [0.4, 0.5) is 13.2 Å². The van der Waals surface area contributed by atoms with Crippen LogP contribution in [0.3, 0.4) is 0 Å². The molecular formula is C9H8F3NaO3S. The Bertz CT molecular complexity index is 488. The van der Waals surface area contributed by atoms with E-state index in [-0.39, 0.29) is 29.6 Å². The summed E-state index contributed by atoms with van der Waals surface area (Å²) in [5.74, 6) is -4.01. The second kappa shape index (κ2) is 5.71. The molecule has 90 valence electrons. The summed E-state index contributed by atoms with van der Waals surface area (Å²) in [7, 11) is -5.05. The summed E-state index contributed by atoms with van der Waals surface area (Å²) in [6.07, 6.45) is -2.59. The fourth-order valence-corrected chi connectivity index (χ4v) is 1.89. The molecule has 0 aromatic heterocycles. The number of rotatable bonds is 3. The second-order valence-electron chi connectivity index (χ2n) is 3.19. The van der Waals surface area contributed by atoms with Crippen LogP contribution < -0.4 is 29.6 Å². The molecule has 0 aliphatic rings. The van der Waals surface area contributed by atoms with Gasteiger partial charge < -0.3 is 4.55 Å². The van der Waals surface area contributed by atoms with Crippen molar-refractivity contribution in [3.63, 3.8) is 0 Å². The minimum absolute atomic E-state index is 0. The topological polar surface area (TPSA) is 57.2 Å². The normalized spacial score (nSPS) is 13.9. The predicted molar refractivity (Wildman–Crippen MR) is 48.9 cm³/mol. The van der Waals surface area contributed by atoms with Crippen molar-refractivity contribution in [3.8, 4) is 0 Å². The van der Waals surface area contributed by atoms with E-state index in [2.05, 4.69) is 0 Å². The van der Waals surface area contributed by atoms with Gasteiger partial charge in [-0.15, -0.1) is 0 Å². The Kier molecular flexibility index (Phi) is 5.68. The number of hydrogen-bond donors (Lipinski definition) is 0. The third-order valence-electron chi connectivity index (χ3n) is 2.02. The first kappa shape index (κ1) is 16.9. The van der Waals surface area contributed by atoms with Gasteiger partial charge in [0, 0.05) is 5.56 Å². The Balaban J connectivity index is 0.00000256. The van der Waals surface area contributed by atoms with Crippen molar-refractivity contribution in [2.75, 3.05) is 0 Å². The maximum absolute atomic E-state index is 13.3. The van der Waals surface area contributed by atoms with Gasteiger partial charge in [0.1, 0.15) is 10.1 Å². The van der Waals surface area contributed by atoms with E-state index in [0.29, 0.717) is 6.92 Å². The van der Waals surface area contributed by atoms with Crippen LogP contribution in [0, 0.1) is 0 Å². The molecule has 0 bridgehead atoms. The molecule has 0 saturated heterocycles. The molecule has 1 rings (SSSR count). The van der Waals surface area contributed by atoms with E-state index in [0.717, 1.165) is 24.3 Å². The van der Waals surface area contributed by atoms with E-state index in [1.165, 1.54) is 0 Å². The van der Waals surface area contributed by atoms with Gasteiger partial charge in [0.15, 0.2) is 6.17 Å². The van der Waals surface area contributed by atoms with Crippen LogP contribution in [-0.2, 0) is 16.0 Å². The molecule has 1 atom stereocenters. The minimum Gasteiger partial charge on any atom is -0.744 e. The standard InChI is InChI=1S/C9H9F3O3S.Na/c1-6(10)9(11,12)7-4-2-3-5-8(7)16(13,14)15;/h2-6H,1H3,(H,13,14,15);/q;+1/p-1. The summed E-state index contributed by atoms with van der Waals surface area (Å²) >= 11 is 0. The first-order chi connectivity index (χ1) is 7.17. The summed E-state index contributed by atoms with van der Waals surface area (Å²) in [5, 5.41) is 0. The van der Waals surface area contributed by atoms with Crippen LogP contribution >= 0.6 is 0 Å². The zero-order valence-corrected chi connectivity index (χ0v) is 12.0. The molecule has 0 saturated carbocycles. The van der Waals surface area contributed by atoms with Crippen LogP contribution in [0.2, 0.25) is 0 Å². The van der Waals surface area contributed by atoms with Crippen molar-refractivity contribution in [2.45, 2.75) is 23.9 Å². The van der Waals surface area contributed by atoms with Gasteiger partial charge in [-0.2, -0.15) is 8.78 Å². The SMILES string of the molecule is CC(F)C(F)(F)c1ccccc1S(=O)(=O)[O-].[Na+]. The Hall–Kier alpha value is -0.0800. The van der Waals surface area contributed by atoms with Crippen molar-refractivity contribution in [1.29, 1.82) is 0 Å². The average Bonchev–Trinajstić information content (AvgIpc) is 2.16. The van der Waals surface area contributed by atoms with Gasteiger partial charge in [-0.3, -0.25) is 0 Å². The Morgan fingerprint density at radius 1 is 1.29 bits per heavy atom. The zero-order valence-electron chi connectivity index (χ0n) is 9.15. The molecule has 0 amide bonds. The molecule has 0 aliphatic heterocycles. The van der Waals surface area contributed by atoms with Gasteiger partial charge >= 0.3 is 35.5 Å². The van der Waals surface area contributed by atoms with Crippen LogP contribution in [0.25, 0.3) is 0 Å². The molecule has 0 N–H and O–H groups in total. The molecule has 0 aliphatic carbocycles. The maximum Gasteiger partial charge on any atom is 1.00 e. The van der Waals surface area contributed by atoms with E-state index < -0.39 is 32.7 Å². The van der Waals surface area contributed by atoms with E-state index in [1.54, 1.807) is 0 Å². The fraction of sp³-hybridized carbons (Fsp3) is 0.333. The molecular weight excluding hydrogens is 268 g/mol.